The first-order valence-corrected chi connectivity index (χ1v) is 5.32. The van der Waals surface area contributed by atoms with Gasteiger partial charge in [-0.05, 0) is 24.3 Å². The Morgan fingerprint density at radius 3 is 2.79 bits per heavy atom. The van der Waals surface area contributed by atoms with Crippen LogP contribution in [0.25, 0.3) is 0 Å². The highest BCUT2D eigenvalue weighted by Gasteiger charge is 2.18. The molecule has 1 aromatic carbocycles. The average molecular weight is 261 g/mol. The summed E-state index contributed by atoms with van der Waals surface area (Å²) in [5.41, 5.74) is 5.75. The van der Waals surface area contributed by atoms with Gasteiger partial charge in [0.05, 0.1) is 23.8 Å². The molecule has 0 saturated heterocycles. The Morgan fingerprint density at radius 2 is 2.16 bits per heavy atom. The van der Waals surface area contributed by atoms with Crippen molar-refractivity contribution < 1.29 is 14.4 Å². The summed E-state index contributed by atoms with van der Waals surface area (Å²) in [6.07, 6.45) is 1.49. The van der Waals surface area contributed by atoms with Gasteiger partial charge in [-0.2, -0.15) is 0 Å². The van der Waals surface area contributed by atoms with E-state index in [4.69, 9.17) is 15.2 Å². The van der Waals surface area contributed by atoms with Gasteiger partial charge in [0.1, 0.15) is 5.75 Å². The van der Waals surface area contributed by atoms with Crippen molar-refractivity contribution in [3.63, 3.8) is 0 Å². The number of nitrogens with two attached hydrogens (primary N) is 1. The normalized spacial score (nSPS) is 9.95. The summed E-state index contributed by atoms with van der Waals surface area (Å²) < 4.78 is 10.3. The molecule has 0 aliphatic rings. The highest BCUT2D eigenvalue weighted by Crippen LogP contribution is 2.35. The largest absolute Gasteiger partial charge is 0.496 e. The number of nitrogens with zero attached hydrogens (tertiary/aromatic N) is 2. The fraction of sp³-hybridized carbons (Fsp3) is 0.0833. The predicted octanol–water partition coefficient (Wildman–Crippen LogP) is 2.37. The molecule has 2 rings (SSSR count). The first-order chi connectivity index (χ1) is 9.11. The molecule has 0 fully saturated rings. The van der Waals surface area contributed by atoms with Crippen molar-refractivity contribution in [2.24, 2.45) is 0 Å². The monoisotopic (exact) mass is 261 g/mol. The van der Waals surface area contributed by atoms with Gasteiger partial charge < -0.3 is 15.2 Å². The number of nitro groups is 1. The van der Waals surface area contributed by atoms with Crippen LogP contribution in [0.2, 0.25) is 0 Å². The van der Waals surface area contributed by atoms with Crippen LogP contribution in [0, 0.1) is 10.1 Å². The van der Waals surface area contributed by atoms with E-state index >= 15 is 0 Å². The summed E-state index contributed by atoms with van der Waals surface area (Å²) in [5.74, 6) is 0.542. The standard InChI is InChI=1S/C12H11N3O4/c1-18-8-4-5-11(10(7-8)15(16)17)19-12-9(13)3-2-6-14-12/h2-7H,13H2,1H3. The molecule has 0 amide bonds. The van der Waals surface area contributed by atoms with Crippen LogP contribution >= 0.6 is 0 Å². The second-order valence-corrected chi connectivity index (χ2v) is 3.59. The number of aromatic nitrogens is 1. The van der Waals surface area contributed by atoms with E-state index in [1.807, 2.05) is 0 Å². The lowest BCUT2D eigenvalue weighted by atomic mass is 10.3. The third-order valence-corrected chi connectivity index (χ3v) is 2.37. The number of anilines is 1. The first-order valence-electron chi connectivity index (χ1n) is 5.32. The van der Waals surface area contributed by atoms with Crippen LogP contribution in [0.3, 0.4) is 0 Å². The molecular weight excluding hydrogens is 250 g/mol. The number of nitro benzene ring substituents is 1. The summed E-state index contributed by atoms with van der Waals surface area (Å²) >= 11 is 0. The molecule has 0 saturated carbocycles. The topological polar surface area (TPSA) is 101 Å². The minimum atomic E-state index is -0.559. The number of ether oxygens (including phenoxy) is 2. The maximum Gasteiger partial charge on any atom is 0.315 e. The zero-order chi connectivity index (χ0) is 13.8. The van der Waals surface area contributed by atoms with Crippen molar-refractivity contribution in [2.75, 3.05) is 12.8 Å². The predicted molar refractivity (Wildman–Crippen MR) is 68.4 cm³/mol. The molecule has 2 aromatic rings. The van der Waals surface area contributed by atoms with E-state index in [1.54, 1.807) is 18.2 Å². The van der Waals surface area contributed by atoms with E-state index in [1.165, 1.54) is 25.4 Å². The first kappa shape index (κ1) is 12.6. The molecule has 0 aliphatic carbocycles. The van der Waals surface area contributed by atoms with Crippen molar-refractivity contribution in [3.8, 4) is 17.4 Å². The Kier molecular flexibility index (Phi) is 3.46. The van der Waals surface area contributed by atoms with Crippen molar-refractivity contribution >= 4 is 11.4 Å². The van der Waals surface area contributed by atoms with Gasteiger partial charge >= 0.3 is 5.69 Å². The van der Waals surface area contributed by atoms with Crippen LogP contribution in [-0.2, 0) is 0 Å². The fourth-order valence-electron chi connectivity index (χ4n) is 1.45. The van der Waals surface area contributed by atoms with Gasteiger partial charge in [-0.15, -0.1) is 0 Å². The number of hydrogen-bond donors (Lipinski definition) is 1. The minimum absolute atomic E-state index is 0.0520. The highest BCUT2D eigenvalue weighted by molar-refractivity contribution is 5.55. The molecule has 19 heavy (non-hydrogen) atoms. The van der Waals surface area contributed by atoms with Crippen LogP contribution < -0.4 is 15.2 Å². The molecule has 0 unspecified atom stereocenters. The quantitative estimate of drug-likeness (QED) is 0.669. The Morgan fingerprint density at radius 1 is 1.37 bits per heavy atom. The van der Waals surface area contributed by atoms with Crippen LogP contribution in [0.1, 0.15) is 0 Å². The molecule has 1 aromatic heterocycles. The third kappa shape index (κ3) is 2.71. The molecular formula is C12H11N3O4. The van der Waals surface area contributed by atoms with Gasteiger partial charge in [0, 0.05) is 6.20 Å². The zero-order valence-corrected chi connectivity index (χ0v) is 10.1. The summed E-state index contributed by atoms with van der Waals surface area (Å²) in [6.45, 7) is 0. The Labute approximate surface area is 108 Å². The summed E-state index contributed by atoms with van der Waals surface area (Å²) in [6, 6.07) is 7.50. The molecule has 7 nitrogen and oxygen atoms in total. The number of benzene rings is 1. The van der Waals surface area contributed by atoms with E-state index in [-0.39, 0.29) is 17.3 Å². The Balaban J connectivity index is 2.40. The van der Waals surface area contributed by atoms with Gasteiger partial charge in [-0.1, -0.05) is 0 Å². The van der Waals surface area contributed by atoms with Crippen LogP contribution in [0.4, 0.5) is 11.4 Å². The van der Waals surface area contributed by atoms with Crippen molar-refractivity contribution in [1.29, 1.82) is 0 Å². The molecule has 0 spiro atoms. The lowest BCUT2D eigenvalue weighted by Crippen LogP contribution is -1.98. The van der Waals surface area contributed by atoms with Gasteiger partial charge in [-0.25, -0.2) is 4.98 Å². The van der Waals surface area contributed by atoms with Crippen molar-refractivity contribution in [2.45, 2.75) is 0 Å². The maximum atomic E-state index is 11.0. The lowest BCUT2D eigenvalue weighted by molar-refractivity contribution is -0.385. The highest BCUT2D eigenvalue weighted by atomic mass is 16.6. The van der Waals surface area contributed by atoms with Crippen molar-refractivity contribution in [1.82, 2.24) is 4.98 Å². The number of hydrogen-bond acceptors (Lipinski definition) is 6. The molecule has 0 atom stereocenters. The van der Waals surface area contributed by atoms with E-state index in [0.717, 1.165) is 0 Å². The van der Waals surface area contributed by atoms with Gasteiger partial charge in [0.25, 0.3) is 0 Å². The second-order valence-electron chi connectivity index (χ2n) is 3.59. The lowest BCUT2D eigenvalue weighted by Gasteiger charge is -2.08. The fourth-order valence-corrected chi connectivity index (χ4v) is 1.45. The van der Waals surface area contributed by atoms with Crippen LogP contribution in [-0.4, -0.2) is 17.0 Å². The number of rotatable bonds is 4. The van der Waals surface area contributed by atoms with Crippen LogP contribution in [0.5, 0.6) is 17.4 Å². The molecule has 98 valence electrons. The maximum absolute atomic E-state index is 11.0. The van der Waals surface area contributed by atoms with Gasteiger partial charge in [0.15, 0.2) is 0 Å². The number of pyridine rings is 1. The van der Waals surface area contributed by atoms with Crippen LogP contribution in [0.15, 0.2) is 36.5 Å². The summed E-state index contributed by atoms with van der Waals surface area (Å²) in [5, 5.41) is 11.0. The SMILES string of the molecule is COc1ccc(Oc2ncccc2N)c([N+](=O)[O-])c1. The molecule has 0 radical (unpaired) electrons. The summed E-state index contributed by atoms with van der Waals surface area (Å²) in [4.78, 5) is 14.3. The van der Waals surface area contributed by atoms with E-state index in [9.17, 15) is 10.1 Å². The molecule has 2 N–H and O–H groups in total. The van der Waals surface area contributed by atoms with E-state index in [0.29, 0.717) is 11.4 Å². The smallest absolute Gasteiger partial charge is 0.315 e. The van der Waals surface area contributed by atoms with E-state index in [2.05, 4.69) is 4.98 Å². The van der Waals surface area contributed by atoms with E-state index < -0.39 is 4.92 Å². The molecule has 7 heteroatoms. The number of methoxy groups -OCH3 is 1. The average Bonchev–Trinajstić information content (AvgIpc) is 2.41. The summed E-state index contributed by atoms with van der Waals surface area (Å²) in [7, 11) is 1.43. The zero-order valence-electron chi connectivity index (χ0n) is 10.1. The van der Waals surface area contributed by atoms with Gasteiger partial charge in [0.2, 0.25) is 11.6 Å². The Bertz CT molecular complexity index is 616. The Hall–Kier alpha value is -2.83. The molecule has 0 bridgehead atoms. The molecule has 1 heterocycles. The second kappa shape index (κ2) is 5.21. The third-order valence-electron chi connectivity index (χ3n) is 2.37. The number of nitrogen functional groups attached to an aromatic ring is 1. The minimum Gasteiger partial charge on any atom is -0.496 e. The van der Waals surface area contributed by atoms with Gasteiger partial charge in [-0.3, -0.25) is 10.1 Å². The molecule has 0 aliphatic heterocycles. The van der Waals surface area contributed by atoms with Crippen molar-refractivity contribution in [3.05, 3.63) is 46.6 Å².